The second kappa shape index (κ2) is 4.75. The summed E-state index contributed by atoms with van der Waals surface area (Å²) in [7, 11) is -1.57. The van der Waals surface area contributed by atoms with Gasteiger partial charge in [-0.15, -0.1) is 0 Å². The summed E-state index contributed by atoms with van der Waals surface area (Å²) in [5, 5.41) is 3.37. The van der Waals surface area contributed by atoms with E-state index in [1.807, 2.05) is 0 Å². The Bertz CT molecular complexity index is 491. The summed E-state index contributed by atoms with van der Waals surface area (Å²) in [4.78, 5) is 7.91. The van der Waals surface area contributed by atoms with Crippen molar-refractivity contribution in [2.75, 3.05) is 23.9 Å². The molecule has 0 amide bonds. The highest BCUT2D eigenvalue weighted by Crippen LogP contribution is 2.18. The SMILES string of the molecule is CO[C@@H]1CS(=O)(=O)C[C@H]1Nc1ncc(Cl)cn1. The Hall–Kier alpha value is -0.920. The number of nitrogens with zero attached hydrogens (tertiary/aromatic N) is 2. The average Bonchev–Trinajstić information content (AvgIpc) is 2.56. The minimum absolute atomic E-state index is 0.0226. The Morgan fingerprint density at radius 1 is 1.41 bits per heavy atom. The van der Waals surface area contributed by atoms with Crippen LogP contribution < -0.4 is 5.32 Å². The summed E-state index contributed by atoms with van der Waals surface area (Å²) >= 11 is 5.66. The summed E-state index contributed by atoms with van der Waals surface area (Å²) < 4.78 is 28.1. The Balaban J connectivity index is 2.10. The third kappa shape index (κ3) is 3.05. The zero-order valence-corrected chi connectivity index (χ0v) is 10.7. The van der Waals surface area contributed by atoms with Gasteiger partial charge in [0.15, 0.2) is 9.84 Å². The molecule has 0 saturated carbocycles. The van der Waals surface area contributed by atoms with Crippen LogP contribution in [0.3, 0.4) is 0 Å². The second-order valence-electron chi connectivity index (χ2n) is 3.83. The first kappa shape index (κ1) is 12.5. The van der Waals surface area contributed by atoms with E-state index < -0.39 is 9.84 Å². The number of hydrogen-bond acceptors (Lipinski definition) is 6. The molecular formula is C9H12ClN3O3S. The van der Waals surface area contributed by atoms with Crippen LogP contribution >= 0.6 is 11.6 Å². The lowest BCUT2D eigenvalue weighted by Crippen LogP contribution is -2.34. The molecule has 6 nitrogen and oxygen atoms in total. The van der Waals surface area contributed by atoms with Crippen molar-refractivity contribution >= 4 is 27.4 Å². The van der Waals surface area contributed by atoms with Crippen molar-refractivity contribution in [3.8, 4) is 0 Å². The molecule has 17 heavy (non-hydrogen) atoms. The van der Waals surface area contributed by atoms with Crippen LogP contribution in [0, 0.1) is 0 Å². The number of aromatic nitrogens is 2. The molecule has 0 bridgehead atoms. The maximum Gasteiger partial charge on any atom is 0.223 e. The standard InChI is InChI=1S/C9H12ClN3O3S/c1-16-8-5-17(14,15)4-7(8)13-9-11-2-6(10)3-12-9/h2-3,7-8H,4-5H2,1H3,(H,11,12,13)/t7-,8-/m1/s1. The Kier molecular flexibility index (Phi) is 3.50. The summed E-state index contributed by atoms with van der Waals surface area (Å²) in [5.74, 6) is 0.394. The lowest BCUT2D eigenvalue weighted by atomic mass is 10.2. The fourth-order valence-electron chi connectivity index (χ4n) is 1.73. The zero-order valence-electron chi connectivity index (χ0n) is 9.13. The van der Waals surface area contributed by atoms with Gasteiger partial charge in [0.1, 0.15) is 0 Å². The Labute approximate surface area is 104 Å². The topological polar surface area (TPSA) is 81.2 Å². The van der Waals surface area contributed by atoms with Gasteiger partial charge in [0, 0.05) is 7.11 Å². The predicted octanol–water partition coefficient (Wildman–Crippen LogP) is 0.354. The normalized spacial score (nSPS) is 26.9. The maximum absolute atomic E-state index is 11.5. The lowest BCUT2D eigenvalue weighted by molar-refractivity contribution is 0.115. The molecule has 2 rings (SSSR count). The monoisotopic (exact) mass is 277 g/mol. The minimum Gasteiger partial charge on any atom is -0.378 e. The van der Waals surface area contributed by atoms with Gasteiger partial charge in [-0.05, 0) is 0 Å². The van der Waals surface area contributed by atoms with Crippen molar-refractivity contribution in [3.63, 3.8) is 0 Å². The van der Waals surface area contributed by atoms with Gasteiger partial charge in [0.05, 0.1) is 41.1 Å². The van der Waals surface area contributed by atoms with Gasteiger partial charge in [0.2, 0.25) is 5.95 Å². The molecule has 0 aromatic carbocycles. The molecular weight excluding hydrogens is 266 g/mol. The van der Waals surface area contributed by atoms with Crippen molar-refractivity contribution in [2.24, 2.45) is 0 Å². The molecule has 1 aliphatic rings. The highest BCUT2D eigenvalue weighted by molar-refractivity contribution is 7.91. The van der Waals surface area contributed by atoms with Crippen LogP contribution in [-0.2, 0) is 14.6 Å². The van der Waals surface area contributed by atoms with Gasteiger partial charge >= 0.3 is 0 Å². The number of anilines is 1. The van der Waals surface area contributed by atoms with Crippen LogP contribution in [0.1, 0.15) is 0 Å². The summed E-state index contributed by atoms with van der Waals surface area (Å²) in [6, 6.07) is -0.328. The highest BCUT2D eigenvalue weighted by atomic mass is 35.5. The van der Waals surface area contributed by atoms with Crippen LogP contribution in [0.15, 0.2) is 12.4 Å². The van der Waals surface area contributed by atoms with Gasteiger partial charge < -0.3 is 10.1 Å². The minimum atomic E-state index is -3.05. The number of hydrogen-bond donors (Lipinski definition) is 1. The fraction of sp³-hybridized carbons (Fsp3) is 0.556. The predicted molar refractivity (Wildman–Crippen MR) is 63.9 cm³/mol. The van der Waals surface area contributed by atoms with E-state index in [2.05, 4.69) is 15.3 Å². The van der Waals surface area contributed by atoms with Crippen molar-refractivity contribution < 1.29 is 13.2 Å². The van der Waals surface area contributed by atoms with E-state index in [0.717, 1.165) is 0 Å². The van der Waals surface area contributed by atoms with E-state index in [0.29, 0.717) is 11.0 Å². The fourth-order valence-corrected chi connectivity index (χ4v) is 3.68. The average molecular weight is 278 g/mol. The molecule has 1 aliphatic heterocycles. The van der Waals surface area contributed by atoms with E-state index >= 15 is 0 Å². The zero-order chi connectivity index (χ0) is 12.5. The van der Waals surface area contributed by atoms with Gasteiger partial charge in [0.25, 0.3) is 0 Å². The van der Waals surface area contributed by atoms with Gasteiger partial charge in [-0.25, -0.2) is 18.4 Å². The lowest BCUT2D eigenvalue weighted by Gasteiger charge is -2.17. The number of sulfone groups is 1. The van der Waals surface area contributed by atoms with Gasteiger partial charge in [-0.2, -0.15) is 0 Å². The number of halogens is 1. The largest absolute Gasteiger partial charge is 0.378 e. The Morgan fingerprint density at radius 2 is 2.06 bits per heavy atom. The molecule has 8 heteroatoms. The van der Waals surface area contributed by atoms with Crippen LogP contribution in [0.5, 0.6) is 0 Å². The molecule has 2 atom stereocenters. The molecule has 0 spiro atoms. The maximum atomic E-state index is 11.5. The van der Waals surface area contributed by atoms with E-state index in [1.54, 1.807) is 0 Å². The molecule has 0 aliphatic carbocycles. The highest BCUT2D eigenvalue weighted by Gasteiger charge is 2.38. The van der Waals surface area contributed by atoms with E-state index in [9.17, 15) is 8.42 Å². The first-order valence-electron chi connectivity index (χ1n) is 4.97. The quantitative estimate of drug-likeness (QED) is 0.859. The van der Waals surface area contributed by atoms with Crippen molar-refractivity contribution in [3.05, 3.63) is 17.4 Å². The van der Waals surface area contributed by atoms with Crippen LogP contribution in [0.2, 0.25) is 5.02 Å². The third-order valence-corrected chi connectivity index (χ3v) is 4.44. The van der Waals surface area contributed by atoms with Crippen LogP contribution in [0.25, 0.3) is 0 Å². The molecule has 1 aromatic rings. The van der Waals surface area contributed by atoms with Crippen LogP contribution in [-0.4, -0.2) is 49.1 Å². The molecule has 2 heterocycles. The molecule has 1 fully saturated rings. The first-order valence-corrected chi connectivity index (χ1v) is 7.17. The molecule has 0 unspecified atom stereocenters. The number of methoxy groups -OCH3 is 1. The third-order valence-electron chi connectivity index (χ3n) is 2.54. The molecule has 94 valence electrons. The van der Waals surface area contributed by atoms with E-state index in [1.165, 1.54) is 19.5 Å². The summed E-state index contributed by atoms with van der Waals surface area (Å²) in [6.07, 6.45) is 2.52. The Morgan fingerprint density at radius 3 is 2.65 bits per heavy atom. The van der Waals surface area contributed by atoms with Gasteiger partial charge in [-0.1, -0.05) is 11.6 Å². The molecule has 1 N–H and O–H groups in total. The van der Waals surface area contributed by atoms with E-state index in [-0.39, 0.29) is 23.7 Å². The second-order valence-corrected chi connectivity index (χ2v) is 6.42. The van der Waals surface area contributed by atoms with Gasteiger partial charge in [-0.3, -0.25) is 0 Å². The molecule has 1 saturated heterocycles. The molecule has 1 aromatic heterocycles. The van der Waals surface area contributed by atoms with Crippen molar-refractivity contribution in [1.82, 2.24) is 9.97 Å². The number of nitrogens with one attached hydrogen (secondary N) is 1. The summed E-state index contributed by atoms with van der Waals surface area (Å²) in [5.41, 5.74) is 0. The van der Waals surface area contributed by atoms with Crippen LogP contribution in [0.4, 0.5) is 5.95 Å². The summed E-state index contributed by atoms with van der Waals surface area (Å²) in [6.45, 7) is 0. The van der Waals surface area contributed by atoms with Crippen molar-refractivity contribution in [2.45, 2.75) is 12.1 Å². The molecule has 0 radical (unpaired) electrons. The first-order chi connectivity index (χ1) is 8.00. The number of rotatable bonds is 3. The van der Waals surface area contributed by atoms with E-state index in [4.69, 9.17) is 16.3 Å². The smallest absolute Gasteiger partial charge is 0.223 e. The number of ether oxygens (including phenoxy) is 1. The van der Waals surface area contributed by atoms with Crippen molar-refractivity contribution in [1.29, 1.82) is 0 Å².